The number of sulfonamides is 1. The molecule has 1 fully saturated rings. The maximum absolute atomic E-state index is 13.0. The summed E-state index contributed by atoms with van der Waals surface area (Å²) in [5, 5.41) is 0. The minimum atomic E-state index is -3.62. The van der Waals surface area contributed by atoms with Crippen molar-refractivity contribution in [1.29, 1.82) is 0 Å². The number of aryl methyl sites for hydroxylation is 1. The zero-order valence-electron chi connectivity index (χ0n) is 18.2. The summed E-state index contributed by atoms with van der Waals surface area (Å²) in [7, 11) is -2.06. The highest BCUT2D eigenvalue weighted by Gasteiger charge is 2.26. The van der Waals surface area contributed by atoms with Crippen molar-refractivity contribution < 1.29 is 13.2 Å². The van der Waals surface area contributed by atoms with Gasteiger partial charge in [0, 0.05) is 51.4 Å². The minimum Gasteiger partial charge on any atom is -0.336 e. The van der Waals surface area contributed by atoms with E-state index in [1.807, 2.05) is 24.8 Å². The van der Waals surface area contributed by atoms with Crippen LogP contribution in [0.5, 0.6) is 0 Å². The lowest BCUT2D eigenvalue weighted by atomic mass is 10.1. The third-order valence-corrected chi connectivity index (χ3v) is 7.83. The van der Waals surface area contributed by atoms with Crippen LogP contribution < -0.4 is 0 Å². The number of rotatable bonds is 6. The predicted molar refractivity (Wildman–Crippen MR) is 119 cm³/mol. The Balaban J connectivity index is 1.66. The lowest BCUT2D eigenvalue weighted by Gasteiger charge is -2.35. The van der Waals surface area contributed by atoms with Crippen LogP contribution in [0.1, 0.15) is 35.3 Å². The molecule has 162 valence electrons. The number of carbonyl (C=O) groups is 1. The zero-order chi connectivity index (χ0) is 21.9. The predicted octanol–water partition coefficient (Wildman–Crippen LogP) is 2.98. The Kier molecular flexibility index (Phi) is 6.95. The van der Waals surface area contributed by atoms with Crippen LogP contribution in [0.3, 0.4) is 0 Å². The standard InChI is InChI=1S/C23H31N3O3S/c1-18(2)24(4)30(28,29)22-11-7-10-20(16-22)23(27)26-14-12-25(13-15-26)17-21-9-6-5-8-19(21)3/h5-11,16,18H,12-15,17H2,1-4H3. The van der Waals surface area contributed by atoms with Gasteiger partial charge < -0.3 is 4.90 Å². The number of hydrogen-bond acceptors (Lipinski definition) is 4. The topological polar surface area (TPSA) is 60.9 Å². The summed E-state index contributed by atoms with van der Waals surface area (Å²) in [6.07, 6.45) is 0. The van der Waals surface area contributed by atoms with Gasteiger partial charge in [0.25, 0.3) is 5.91 Å². The highest BCUT2D eigenvalue weighted by Crippen LogP contribution is 2.20. The molecule has 1 aliphatic rings. The Bertz CT molecular complexity index is 996. The third kappa shape index (κ3) is 4.91. The number of benzene rings is 2. The monoisotopic (exact) mass is 429 g/mol. The van der Waals surface area contributed by atoms with Crippen molar-refractivity contribution in [3.05, 3.63) is 65.2 Å². The molecule has 1 saturated heterocycles. The first-order valence-electron chi connectivity index (χ1n) is 10.3. The van der Waals surface area contributed by atoms with Gasteiger partial charge in [-0.05, 0) is 50.1 Å². The van der Waals surface area contributed by atoms with Gasteiger partial charge in [-0.2, -0.15) is 4.31 Å². The molecule has 6 nitrogen and oxygen atoms in total. The number of hydrogen-bond donors (Lipinski definition) is 0. The average molecular weight is 430 g/mol. The van der Waals surface area contributed by atoms with Gasteiger partial charge in [-0.15, -0.1) is 0 Å². The second-order valence-electron chi connectivity index (χ2n) is 8.14. The highest BCUT2D eigenvalue weighted by atomic mass is 32.2. The molecule has 0 unspecified atom stereocenters. The molecule has 3 rings (SSSR count). The van der Waals surface area contributed by atoms with Crippen molar-refractivity contribution in [3.8, 4) is 0 Å². The van der Waals surface area contributed by atoms with Crippen LogP contribution in [0, 0.1) is 6.92 Å². The Morgan fingerprint density at radius 1 is 1.03 bits per heavy atom. The molecule has 30 heavy (non-hydrogen) atoms. The van der Waals surface area contributed by atoms with E-state index in [0.717, 1.165) is 19.6 Å². The van der Waals surface area contributed by atoms with Crippen molar-refractivity contribution >= 4 is 15.9 Å². The van der Waals surface area contributed by atoms with E-state index in [0.29, 0.717) is 18.7 Å². The van der Waals surface area contributed by atoms with E-state index in [1.165, 1.54) is 21.5 Å². The fraction of sp³-hybridized carbons (Fsp3) is 0.435. The summed E-state index contributed by atoms with van der Waals surface area (Å²) in [6.45, 7) is 9.51. The summed E-state index contributed by atoms with van der Waals surface area (Å²) in [6, 6.07) is 14.6. The summed E-state index contributed by atoms with van der Waals surface area (Å²) >= 11 is 0. The van der Waals surface area contributed by atoms with E-state index in [2.05, 4.69) is 30.0 Å². The van der Waals surface area contributed by atoms with Crippen LogP contribution in [0.25, 0.3) is 0 Å². The minimum absolute atomic E-state index is 0.116. The summed E-state index contributed by atoms with van der Waals surface area (Å²) in [4.78, 5) is 17.3. The number of amides is 1. The average Bonchev–Trinajstić information content (AvgIpc) is 2.75. The zero-order valence-corrected chi connectivity index (χ0v) is 19.0. The molecule has 0 atom stereocenters. The number of nitrogens with zero attached hydrogens (tertiary/aromatic N) is 3. The first-order valence-corrected chi connectivity index (χ1v) is 11.8. The van der Waals surface area contributed by atoms with Crippen molar-refractivity contribution in [3.63, 3.8) is 0 Å². The molecule has 2 aromatic carbocycles. The smallest absolute Gasteiger partial charge is 0.253 e. The van der Waals surface area contributed by atoms with Crippen molar-refractivity contribution in [1.82, 2.24) is 14.1 Å². The molecule has 0 spiro atoms. The van der Waals surface area contributed by atoms with Gasteiger partial charge >= 0.3 is 0 Å². The van der Waals surface area contributed by atoms with Crippen LogP contribution in [0.15, 0.2) is 53.4 Å². The molecule has 0 aliphatic carbocycles. The van der Waals surface area contributed by atoms with E-state index in [-0.39, 0.29) is 16.8 Å². The second-order valence-corrected chi connectivity index (χ2v) is 10.1. The molecule has 1 amide bonds. The molecule has 7 heteroatoms. The second kappa shape index (κ2) is 9.29. The van der Waals surface area contributed by atoms with Crippen molar-refractivity contribution in [2.45, 2.75) is 38.3 Å². The fourth-order valence-electron chi connectivity index (χ4n) is 3.55. The SMILES string of the molecule is Cc1ccccc1CN1CCN(C(=O)c2cccc(S(=O)(=O)N(C)C(C)C)c2)CC1. The maximum Gasteiger partial charge on any atom is 0.253 e. The van der Waals surface area contributed by atoms with Gasteiger partial charge in [0.15, 0.2) is 0 Å². The number of piperazine rings is 1. The molecule has 0 saturated carbocycles. The molecule has 1 aliphatic heterocycles. The van der Waals surface area contributed by atoms with E-state index in [9.17, 15) is 13.2 Å². The van der Waals surface area contributed by atoms with Gasteiger partial charge in [-0.3, -0.25) is 9.69 Å². The van der Waals surface area contributed by atoms with Gasteiger partial charge in [0.2, 0.25) is 10.0 Å². The molecule has 0 bridgehead atoms. The summed E-state index contributed by atoms with van der Waals surface area (Å²) in [5.74, 6) is -0.116. The van der Waals surface area contributed by atoms with Gasteiger partial charge in [-0.1, -0.05) is 30.3 Å². The van der Waals surface area contributed by atoms with Crippen LogP contribution in [0.4, 0.5) is 0 Å². The lowest BCUT2D eigenvalue weighted by Crippen LogP contribution is -2.48. The highest BCUT2D eigenvalue weighted by molar-refractivity contribution is 7.89. The van der Waals surface area contributed by atoms with Gasteiger partial charge in [0.1, 0.15) is 0 Å². The van der Waals surface area contributed by atoms with E-state index >= 15 is 0 Å². The van der Waals surface area contributed by atoms with Crippen molar-refractivity contribution in [2.24, 2.45) is 0 Å². The van der Waals surface area contributed by atoms with Crippen LogP contribution >= 0.6 is 0 Å². The van der Waals surface area contributed by atoms with Crippen LogP contribution in [-0.4, -0.2) is 67.7 Å². The first-order chi connectivity index (χ1) is 14.2. The van der Waals surface area contributed by atoms with E-state index in [1.54, 1.807) is 25.2 Å². The molecule has 0 radical (unpaired) electrons. The molecular formula is C23H31N3O3S. The number of carbonyl (C=O) groups excluding carboxylic acids is 1. The van der Waals surface area contributed by atoms with E-state index in [4.69, 9.17) is 0 Å². The van der Waals surface area contributed by atoms with Gasteiger partial charge in [0.05, 0.1) is 4.90 Å². The molecule has 0 N–H and O–H groups in total. The maximum atomic E-state index is 13.0. The normalized spacial score (nSPS) is 15.7. The van der Waals surface area contributed by atoms with Crippen molar-refractivity contribution in [2.75, 3.05) is 33.2 Å². The Morgan fingerprint density at radius 3 is 2.33 bits per heavy atom. The van der Waals surface area contributed by atoms with Gasteiger partial charge in [-0.25, -0.2) is 8.42 Å². The lowest BCUT2D eigenvalue weighted by molar-refractivity contribution is 0.0628. The molecular weight excluding hydrogens is 398 g/mol. The molecule has 0 aromatic heterocycles. The largest absolute Gasteiger partial charge is 0.336 e. The first kappa shape index (κ1) is 22.5. The Labute approximate surface area is 180 Å². The molecule has 2 aromatic rings. The van der Waals surface area contributed by atoms with Crippen LogP contribution in [-0.2, 0) is 16.6 Å². The Morgan fingerprint density at radius 2 is 1.70 bits per heavy atom. The van der Waals surface area contributed by atoms with Crippen LogP contribution in [0.2, 0.25) is 0 Å². The third-order valence-electron chi connectivity index (χ3n) is 5.80. The Hall–Kier alpha value is -2.22. The fourth-order valence-corrected chi connectivity index (χ4v) is 4.97. The quantitative estimate of drug-likeness (QED) is 0.708. The molecule has 1 heterocycles. The van der Waals surface area contributed by atoms with E-state index < -0.39 is 10.0 Å². The summed E-state index contributed by atoms with van der Waals surface area (Å²) in [5.41, 5.74) is 3.01. The summed E-state index contributed by atoms with van der Waals surface area (Å²) < 4.78 is 26.8.